The van der Waals surface area contributed by atoms with E-state index in [1.54, 1.807) is 0 Å². The number of halogens is 3. The van der Waals surface area contributed by atoms with Crippen molar-refractivity contribution >= 4 is 9.84 Å². The summed E-state index contributed by atoms with van der Waals surface area (Å²) in [5.74, 6) is 0.175. The molecule has 0 bridgehead atoms. The summed E-state index contributed by atoms with van der Waals surface area (Å²) < 4.78 is 58.9. The smallest absolute Gasteiger partial charge is 0.215 e. The molecule has 0 aromatic carbocycles. The number of hydrogen-bond donors (Lipinski definition) is 0. The Morgan fingerprint density at radius 3 is 2.47 bits per heavy atom. The van der Waals surface area contributed by atoms with Gasteiger partial charge in [0.15, 0.2) is 0 Å². The molecular formula is C9H11F3O2S. The summed E-state index contributed by atoms with van der Waals surface area (Å²) in [7, 11) is -5.06. The predicted octanol–water partition coefficient (Wildman–Crippen LogP) is 2.62. The second-order valence-electron chi connectivity index (χ2n) is 4.14. The highest BCUT2D eigenvalue weighted by molar-refractivity contribution is 7.96. The van der Waals surface area contributed by atoms with Crippen molar-refractivity contribution < 1.29 is 21.6 Å². The number of fused-ring (bicyclic) bond motifs is 1. The van der Waals surface area contributed by atoms with Gasteiger partial charge in [-0.15, -0.1) is 0 Å². The molecule has 2 aliphatic rings. The quantitative estimate of drug-likeness (QED) is 0.706. The van der Waals surface area contributed by atoms with Crippen LogP contribution in [0.15, 0.2) is 11.0 Å². The van der Waals surface area contributed by atoms with Gasteiger partial charge in [-0.05, 0) is 31.1 Å². The zero-order chi connectivity index (χ0) is 11.3. The highest BCUT2D eigenvalue weighted by Gasteiger charge is 2.50. The summed E-state index contributed by atoms with van der Waals surface area (Å²) in [5.41, 5.74) is -5.14. The molecule has 2 atom stereocenters. The average molecular weight is 240 g/mol. The third-order valence-corrected chi connectivity index (χ3v) is 4.83. The minimum atomic E-state index is -5.14. The first kappa shape index (κ1) is 11.0. The zero-order valence-corrected chi connectivity index (χ0v) is 8.74. The lowest BCUT2D eigenvalue weighted by Gasteiger charge is -2.10. The van der Waals surface area contributed by atoms with Crippen molar-refractivity contribution in [1.82, 2.24) is 0 Å². The Balaban J connectivity index is 2.28. The van der Waals surface area contributed by atoms with Crippen LogP contribution in [0.3, 0.4) is 0 Å². The van der Waals surface area contributed by atoms with Crippen LogP contribution >= 0.6 is 0 Å². The largest absolute Gasteiger partial charge is 0.501 e. The molecule has 6 heteroatoms. The molecule has 0 aromatic heterocycles. The van der Waals surface area contributed by atoms with Crippen molar-refractivity contribution in [2.75, 3.05) is 0 Å². The first-order chi connectivity index (χ1) is 6.82. The van der Waals surface area contributed by atoms with Gasteiger partial charge in [0.1, 0.15) is 0 Å². The maximum atomic E-state index is 12.2. The Hall–Kier alpha value is -0.520. The Bertz CT molecular complexity index is 394. The van der Waals surface area contributed by atoms with E-state index in [-0.39, 0.29) is 18.3 Å². The van der Waals surface area contributed by atoms with Gasteiger partial charge in [-0.2, -0.15) is 13.2 Å². The lowest BCUT2D eigenvalue weighted by atomic mass is 10.0. The fourth-order valence-electron chi connectivity index (χ4n) is 2.45. The summed E-state index contributed by atoms with van der Waals surface area (Å²) in [6, 6.07) is 0. The third-order valence-electron chi connectivity index (χ3n) is 3.23. The number of sulfone groups is 1. The van der Waals surface area contributed by atoms with Gasteiger partial charge in [0.2, 0.25) is 0 Å². The van der Waals surface area contributed by atoms with E-state index in [1.807, 2.05) is 0 Å². The van der Waals surface area contributed by atoms with Crippen LogP contribution in [0.2, 0.25) is 0 Å². The number of hydrogen-bond acceptors (Lipinski definition) is 2. The lowest BCUT2D eigenvalue weighted by molar-refractivity contribution is -0.0427. The summed E-state index contributed by atoms with van der Waals surface area (Å²) in [6.45, 7) is 0. The molecular weight excluding hydrogens is 229 g/mol. The van der Waals surface area contributed by atoms with Crippen molar-refractivity contribution in [3.05, 3.63) is 11.0 Å². The van der Waals surface area contributed by atoms with E-state index in [0.29, 0.717) is 0 Å². The van der Waals surface area contributed by atoms with E-state index in [4.69, 9.17) is 0 Å². The SMILES string of the molecule is O=S(=O)(C1=C[C@H]2CCC[C@H]2C1)C(F)(F)F. The maximum Gasteiger partial charge on any atom is 0.501 e. The van der Waals surface area contributed by atoms with E-state index in [2.05, 4.69) is 0 Å². The van der Waals surface area contributed by atoms with E-state index >= 15 is 0 Å². The zero-order valence-electron chi connectivity index (χ0n) is 7.92. The molecule has 0 heterocycles. The van der Waals surface area contributed by atoms with Crippen LogP contribution in [-0.2, 0) is 9.84 Å². The van der Waals surface area contributed by atoms with Crippen molar-refractivity contribution in [1.29, 1.82) is 0 Å². The number of alkyl halides is 3. The molecule has 1 fully saturated rings. The van der Waals surface area contributed by atoms with Crippen LogP contribution in [-0.4, -0.2) is 13.9 Å². The highest BCUT2D eigenvalue weighted by Crippen LogP contribution is 2.46. The van der Waals surface area contributed by atoms with Gasteiger partial charge in [-0.25, -0.2) is 8.42 Å². The fraction of sp³-hybridized carbons (Fsp3) is 0.778. The van der Waals surface area contributed by atoms with Crippen LogP contribution in [0.4, 0.5) is 13.2 Å². The first-order valence-electron chi connectivity index (χ1n) is 4.84. The summed E-state index contributed by atoms with van der Waals surface area (Å²) in [5, 5.41) is 0. The first-order valence-corrected chi connectivity index (χ1v) is 6.33. The number of allylic oxidation sites excluding steroid dienone is 2. The van der Waals surface area contributed by atoms with Crippen LogP contribution in [0.25, 0.3) is 0 Å². The minimum Gasteiger partial charge on any atom is -0.215 e. The van der Waals surface area contributed by atoms with E-state index < -0.39 is 20.3 Å². The molecule has 2 aliphatic carbocycles. The summed E-state index contributed by atoms with van der Waals surface area (Å²) >= 11 is 0. The van der Waals surface area contributed by atoms with Gasteiger partial charge >= 0.3 is 5.51 Å². The third kappa shape index (κ3) is 1.68. The van der Waals surface area contributed by atoms with E-state index in [9.17, 15) is 21.6 Å². The van der Waals surface area contributed by atoms with Crippen molar-refractivity contribution in [2.45, 2.75) is 31.2 Å². The Morgan fingerprint density at radius 2 is 1.93 bits per heavy atom. The average Bonchev–Trinajstić information content (AvgIpc) is 2.57. The fourth-order valence-corrected chi connectivity index (χ4v) is 3.54. The molecule has 0 saturated heterocycles. The molecule has 0 unspecified atom stereocenters. The molecule has 2 nitrogen and oxygen atoms in total. The molecule has 0 radical (unpaired) electrons. The van der Waals surface area contributed by atoms with Gasteiger partial charge in [-0.1, -0.05) is 12.5 Å². The molecule has 0 spiro atoms. The molecule has 0 N–H and O–H groups in total. The van der Waals surface area contributed by atoms with Crippen molar-refractivity contribution in [2.24, 2.45) is 11.8 Å². The van der Waals surface area contributed by atoms with Crippen LogP contribution < -0.4 is 0 Å². The van der Waals surface area contributed by atoms with Gasteiger partial charge in [0.05, 0.1) is 4.91 Å². The second-order valence-corrected chi connectivity index (χ2v) is 6.14. The molecule has 15 heavy (non-hydrogen) atoms. The van der Waals surface area contributed by atoms with Gasteiger partial charge < -0.3 is 0 Å². The molecule has 0 aromatic rings. The van der Waals surface area contributed by atoms with Crippen molar-refractivity contribution in [3.8, 4) is 0 Å². The van der Waals surface area contributed by atoms with Gasteiger partial charge in [0, 0.05) is 0 Å². The summed E-state index contributed by atoms with van der Waals surface area (Å²) in [6.07, 6.45) is 4.05. The monoisotopic (exact) mass is 240 g/mol. The Morgan fingerprint density at radius 1 is 1.27 bits per heavy atom. The van der Waals surface area contributed by atoms with Crippen LogP contribution in [0, 0.1) is 11.8 Å². The Labute approximate surface area is 86.1 Å². The molecule has 0 amide bonds. The molecule has 0 aliphatic heterocycles. The number of rotatable bonds is 1. The minimum absolute atomic E-state index is 0.0529. The molecule has 1 saturated carbocycles. The lowest BCUT2D eigenvalue weighted by Crippen LogP contribution is -2.24. The van der Waals surface area contributed by atoms with E-state index in [0.717, 1.165) is 19.3 Å². The second kappa shape index (κ2) is 3.23. The van der Waals surface area contributed by atoms with Crippen LogP contribution in [0.1, 0.15) is 25.7 Å². The highest BCUT2D eigenvalue weighted by atomic mass is 32.2. The van der Waals surface area contributed by atoms with Gasteiger partial charge in [-0.3, -0.25) is 0 Å². The van der Waals surface area contributed by atoms with E-state index in [1.165, 1.54) is 6.08 Å². The maximum absolute atomic E-state index is 12.2. The predicted molar refractivity (Wildman–Crippen MR) is 48.5 cm³/mol. The normalized spacial score (nSPS) is 31.5. The summed E-state index contributed by atoms with van der Waals surface area (Å²) in [4.78, 5) is -0.412. The Kier molecular flexibility index (Phi) is 2.37. The van der Waals surface area contributed by atoms with Crippen molar-refractivity contribution in [3.63, 3.8) is 0 Å². The van der Waals surface area contributed by atoms with Crippen LogP contribution in [0.5, 0.6) is 0 Å². The molecule has 86 valence electrons. The standard InChI is InChI=1S/C9H11F3O2S/c10-9(11,12)15(13,14)8-4-6-2-1-3-7(6)5-8/h4,6-7H,1-3,5H2/t6-,7+/m1/s1. The molecule has 2 rings (SSSR count). The topological polar surface area (TPSA) is 34.1 Å². The van der Waals surface area contributed by atoms with Gasteiger partial charge in [0.25, 0.3) is 9.84 Å².